The van der Waals surface area contributed by atoms with Crippen molar-refractivity contribution < 1.29 is 0 Å². The van der Waals surface area contributed by atoms with Crippen molar-refractivity contribution in [3.05, 3.63) is 17.5 Å². The molecule has 0 unspecified atom stereocenters. The summed E-state index contributed by atoms with van der Waals surface area (Å²) in [5.74, 6) is 1.35. The summed E-state index contributed by atoms with van der Waals surface area (Å²) < 4.78 is 0. The summed E-state index contributed by atoms with van der Waals surface area (Å²) in [6.45, 7) is 12.6. The lowest BCUT2D eigenvalue weighted by atomic mass is 10.1. The van der Waals surface area contributed by atoms with Crippen molar-refractivity contribution in [2.45, 2.75) is 39.5 Å². The quantitative estimate of drug-likeness (QED) is 0.896. The normalized spacial score (nSPS) is 17.3. The third kappa shape index (κ3) is 4.64. The Balaban J connectivity index is 2.05. The van der Waals surface area contributed by atoms with Gasteiger partial charge in [0, 0.05) is 31.0 Å². The number of aromatic nitrogens is 2. The van der Waals surface area contributed by atoms with Gasteiger partial charge in [-0.1, -0.05) is 13.8 Å². The molecule has 0 radical (unpaired) electrons. The Labute approximate surface area is 128 Å². The van der Waals surface area contributed by atoms with Gasteiger partial charge in [0.1, 0.15) is 0 Å². The highest BCUT2D eigenvalue weighted by molar-refractivity contribution is 5.33. The summed E-state index contributed by atoms with van der Waals surface area (Å²) in [5, 5.41) is 0. The fourth-order valence-corrected chi connectivity index (χ4v) is 2.72. The maximum absolute atomic E-state index is 5.61. The van der Waals surface area contributed by atoms with Gasteiger partial charge in [-0.05, 0) is 51.4 Å². The Morgan fingerprint density at radius 3 is 2.71 bits per heavy atom. The van der Waals surface area contributed by atoms with E-state index in [-0.39, 0.29) is 0 Å². The van der Waals surface area contributed by atoms with E-state index >= 15 is 0 Å². The molecule has 5 heteroatoms. The Morgan fingerprint density at radius 2 is 2.00 bits per heavy atom. The zero-order valence-electron chi connectivity index (χ0n) is 13.7. The van der Waals surface area contributed by atoms with Crippen LogP contribution in [-0.2, 0) is 0 Å². The number of anilines is 1. The second kappa shape index (κ2) is 7.71. The van der Waals surface area contributed by atoms with Gasteiger partial charge in [-0.2, -0.15) is 0 Å². The zero-order valence-corrected chi connectivity index (χ0v) is 13.7. The SMILES string of the molecule is Cc1cc(C(C)C)nc(N2CCCN(CCCN)CC2)n1. The minimum Gasteiger partial charge on any atom is -0.339 e. The molecule has 0 atom stereocenters. The number of hydrogen-bond acceptors (Lipinski definition) is 5. The Kier molecular flexibility index (Phi) is 5.94. The highest BCUT2D eigenvalue weighted by atomic mass is 15.3. The van der Waals surface area contributed by atoms with Gasteiger partial charge in [-0.15, -0.1) is 0 Å². The summed E-state index contributed by atoms with van der Waals surface area (Å²) >= 11 is 0. The molecule has 1 aliphatic rings. The van der Waals surface area contributed by atoms with E-state index in [2.05, 4.69) is 41.6 Å². The largest absolute Gasteiger partial charge is 0.339 e. The highest BCUT2D eigenvalue weighted by Crippen LogP contribution is 2.18. The van der Waals surface area contributed by atoms with Crippen molar-refractivity contribution in [1.29, 1.82) is 0 Å². The lowest BCUT2D eigenvalue weighted by molar-refractivity contribution is 0.291. The number of nitrogens with zero attached hydrogens (tertiary/aromatic N) is 4. The molecule has 1 aromatic heterocycles. The van der Waals surface area contributed by atoms with Gasteiger partial charge in [0.15, 0.2) is 0 Å². The molecule has 0 aliphatic carbocycles. The average molecular weight is 291 g/mol. The summed E-state index contributed by atoms with van der Waals surface area (Å²) in [6, 6.07) is 2.10. The van der Waals surface area contributed by atoms with Crippen molar-refractivity contribution in [2.24, 2.45) is 5.73 Å². The predicted octanol–water partition coefficient (Wildman–Crippen LogP) is 1.77. The smallest absolute Gasteiger partial charge is 0.225 e. The van der Waals surface area contributed by atoms with E-state index in [1.807, 2.05) is 0 Å². The molecule has 2 heterocycles. The summed E-state index contributed by atoms with van der Waals surface area (Å²) in [7, 11) is 0. The fraction of sp³-hybridized carbons (Fsp3) is 0.750. The van der Waals surface area contributed by atoms with Crippen LogP contribution in [0.2, 0.25) is 0 Å². The van der Waals surface area contributed by atoms with Crippen molar-refractivity contribution >= 4 is 5.95 Å². The molecule has 118 valence electrons. The van der Waals surface area contributed by atoms with Gasteiger partial charge in [-0.3, -0.25) is 0 Å². The molecule has 1 aliphatic heterocycles. The van der Waals surface area contributed by atoms with Gasteiger partial charge in [0.05, 0.1) is 0 Å². The summed E-state index contributed by atoms with van der Waals surface area (Å²) in [6.07, 6.45) is 2.25. The molecule has 2 N–H and O–H groups in total. The van der Waals surface area contributed by atoms with E-state index in [0.29, 0.717) is 5.92 Å². The van der Waals surface area contributed by atoms with Crippen molar-refractivity contribution in [1.82, 2.24) is 14.9 Å². The van der Waals surface area contributed by atoms with Gasteiger partial charge >= 0.3 is 0 Å². The van der Waals surface area contributed by atoms with Crippen LogP contribution >= 0.6 is 0 Å². The average Bonchev–Trinajstić information content (AvgIpc) is 2.70. The van der Waals surface area contributed by atoms with Crippen LogP contribution < -0.4 is 10.6 Å². The molecular formula is C16H29N5. The second-order valence-corrected chi connectivity index (χ2v) is 6.21. The Hall–Kier alpha value is -1.20. The lowest BCUT2D eigenvalue weighted by Gasteiger charge is -2.22. The summed E-state index contributed by atoms with van der Waals surface area (Å²) in [4.78, 5) is 14.2. The van der Waals surface area contributed by atoms with Crippen molar-refractivity contribution in [3.8, 4) is 0 Å². The minimum absolute atomic E-state index is 0.443. The molecule has 1 aromatic rings. The first-order chi connectivity index (χ1) is 10.1. The molecule has 0 amide bonds. The Morgan fingerprint density at radius 1 is 1.19 bits per heavy atom. The molecule has 1 saturated heterocycles. The van der Waals surface area contributed by atoms with Crippen LogP contribution in [0.15, 0.2) is 6.07 Å². The fourth-order valence-electron chi connectivity index (χ4n) is 2.72. The number of nitrogens with two attached hydrogens (primary N) is 1. The van der Waals surface area contributed by atoms with Crippen LogP contribution in [0.25, 0.3) is 0 Å². The predicted molar refractivity (Wildman–Crippen MR) is 87.8 cm³/mol. The first-order valence-corrected chi connectivity index (χ1v) is 8.13. The molecule has 0 spiro atoms. The van der Waals surface area contributed by atoms with Crippen LogP contribution in [0.3, 0.4) is 0 Å². The van der Waals surface area contributed by atoms with Crippen molar-refractivity contribution in [3.63, 3.8) is 0 Å². The van der Waals surface area contributed by atoms with Crippen LogP contribution in [0, 0.1) is 6.92 Å². The number of hydrogen-bond donors (Lipinski definition) is 1. The Bertz CT molecular complexity index is 446. The maximum atomic E-state index is 5.61. The molecule has 21 heavy (non-hydrogen) atoms. The molecule has 0 bridgehead atoms. The minimum atomic E-state index is 0.443. The van der Waals surface area contributed by atoms with Crippen LogP contribution in [0.1, 0.15) is 44.0 Å². The van der Waals surface area contributed by atoms with E-state index in [4.69, 9.17) is 10.7 Å². The topological polar surface area (TPSA) is 58.3 Å². The standard InChI is InChI=1S/C16H29N5/c1-13(2)15-12-14(3)18-16(19-15)21-9-5-8-20(10-11-21)7-4-6-17/h12-13H,4-11,17H2,1-3H3. The van der Waals surface area contributed by atoms with Crippen LogP contribution in [0.5, 0.6) is 0 Å². The number of rotatable bonds is 5. The van der Waals surface area contributed by atoms with Gasteiger partial charge < -0.3 is 15.5 Å². The van der Waals surface area contributed by atoms with E-state index in [1.165, 1.54) is 6.42 Å². The third-order valence-electron chi connectivity index (χ3n) is 4.00. The van der Waals surface area contributed by atoms with Crippen LogP contribution in [0.4, 0.5) is 5.95 Å². The first kappa shape index (κ1) is 16.2. The lowest BCUT2D eigenvalue weighted by Crippen LogP contribution is -2.33. The van der Waals surface area contributed by atoms with Gasteiger partial charge in [0.2, 0.25) is 5.95 Å². The zero-order chi connectivity index (χ0) is 15.2. The maximum Gasteiger partial charge on any atom is 0.225 e. The van der Waals surface area contributed by atoms with E-state index < -0.39 is 0 Å². The van der Waals surface area contributed by atoms with E-state index in [9.17, 15) is 0 Å². The van der Waals surface area contributed by atoms with E-state index in [0.717, 1.165) is 63.0 Å². The molecular weight excluding hydrogens is 262 g/mol. The number of aryl methyl sites for hydroxylation is 1. The highest BCUT2D eigenvalue weighted by Gasteiger charge is 2.17. The van der Waals surface area contributed by atoms with E-state index in [1.54, 1.807) is 0 Å². The second-order valence-electron chi connectivity index (χ2n) is 6.21. The van der Waals surface area contributed by atoms with Crippen LogP contribution in [-0.4, -0.2) is 54.1 Å². The first-order valence-electron chi connectivity index (χ1n) is 8.13. The molecule has 0 aromatic carbocycles. The van der Waals surface area contributed by atoms with Crippen molar-refractivity contribution in [2.75, 3.05) is 44.2 Å². The third-order valence-corrected chi connectivity index (χ3v) is 4.00. The molecule has 5 nitrogen and oxygen atoms in total. The van der Waals surface area contributed by atoms with Gasteiger partial charge in [-0.25, -0.2) is 9.97 Å². The van der Waals surface area contributed by atoms with Gasteiger partial charge in [0.25, 0.3) is 0 Å². The molecule has 2 rings (SSSR count). The molecule has 0 saturated carbocycles. The summed E-state index contributed by atoms with van der Waals surface area (Å²) in [5.41, 5.74) is 7.81. The molecule has 1 fully saturated rings. The monoisotopic (exact) mass is 291 g/mol.